The molecule has 0 radical (unpaired) electrons. The van der Waals surface area contributed by atoms with E-state index in [-0.39, 0.29) is 12.3 Å². The summed E-state index contributed by atoms with van der Waals surface area (Å²) in [5.74, 6) is 0.899. The van der Waals surface area contributed by atoms with Gasteiger partial charge < -0.3 is 9.64 Å². The number of nitrogens with zero attached hydrogens (tertiary/aromatic N) is 3. The first-order chi connectivity index (χ1) is 13.7. The summed E-state index contributed by atoms with van der Waals surface area (Å²) in [7, 11) is 4.11. The van der Waals surface area contributed by atoms with Crippen molar-refractivity contribution < 1.29 is 4.74 Å². The van der Waals surface area contributed by atoms with Gasteiger partial charge in [0.1, 0.15) is 22.4 Å². The fourth-order valence-electron chi connectivity index (χ4n) is 3.95. The van der Waals surface area contributed by atoms with Gasteiger partial charge in [-0.1, -0.05) is 12.1 Å². The van der Waals surface area contributed by atoms with Gasteiger partial charge >= 0.3 is 0 Å². The molecule has 5 nitrogen and oxygen atoms in total. The Hall–Kier alpha value is -1.67. The molecule has 0 spiro atoms. The lowest BCUT2D eigenvalue weighted by molar-refractivity contribution is 0.0535. The van der Waals surface area contributed by atoms with Crippen LogP contribution in [0.15, 0.2) is 35.6 Å². The van der Waals surface area contributed by atoms with E-state index in [1.54, 1.807) is 18.1 Å². The summed E-state index contributed by atoms with van der Waals surface area (Å²) >= 11 is 3.65. The van der Waals surface area contributed by atoms with Gasteiger partial charge in [0.05, 0.1) is 6.10 Å². The first-order valence-corrected chi connectivity index (χ1v) is 11.5. The fourth-order valence-corrected chi connectivity index (χ4v) is 6.27. The summed E-state index contributed by atoms with van der Waals surface area (Å²) in [4.78, 5) is 13.9. The SMILES string of the molecule is CN(C)c1ccc(C2NCC(CSc3ncnc4sc5c(c34)CCC5)O2)cc1. The quantitative estimate of drug-likeness (QED) is 0.504. The lowest BCUT2D eigenvalue weighted by Gasteiger charge is -2.16. The van der Waals surface area contributed by atoms with Gasteiger partial charge in [-0.3, -0.25) is 5.32 Å². The molecule has 0 amide bonds. The first kappa shape index (κ1) is 18.4. The Labute approximate surface area is 173 Å². The Morgan fingerprint density at radius 2 is 2.07 bits per heavy atom. The van der Waals surface area contributed by atoms with Gasteiger partial charge in [-0.05, 0) is 42.5 Å². The molecule has 3 heterocycles. The van der Waals surface area contributed by atoms with Crippen molar-refractivity contribution in [2.45, 2.75) is 36.6 Å². The zero-order chi connectivity index (χ0) is 19.1. The summed E-state index contributed by atoms with van der Waals surface area (Å²) in [6, 6.07) is 8.56. The number of thiophene rings is 1. The van der Waals surface area contributed by atoms with Crippen LogP contribution in [-0.4, -0.2) is 42.5 Å². The van der Waals surface area contributed by atoms with Crippen LogP contribution in [0.3, 0.4) is 0 Å². The highest BCUT2D eigenvalue weighted by Gasteiger charge is 2.27. The number of anilines is 1. The van der Waals surface area contributed by atoms with Crippen LogP contribution in [0, 0.1) is 0 Å². The molecule has 28 heavy (non-hydrogen) atoms. The first-order valence-electron chi connectivity index (χ1n) is 9.73. The number of ether oxygens (including phenoxy) is 1. The highest BCUT2D eigenvalue weighted by atomic mass is 32.2. The van der Waals surface area contributed by atoms with Gasteiger partial charge in [0, 0.05) is 42.3 Å². The van der Waals surface area contributed by atoms with Gasteiger partial charge in [-0.25, -0.2) is 9.97 Å². The summed E-state index contributed by atoms with van der Waals surface area (Å²) < 4.78 is 6.27. The number of aryl methyl sites for hydroxylation is 2. The topological polar surface area (TPSA) is 50.3 Å². The monoisotopic (exact) mass is 412 g/mol. The van der Waals surface area contributed by atoms with Crippen LogP contribution in [0.4, 0.5) is 5.69 Å². The van der Waals surface area contributed by atoms with Crippen molar-refractivity contribution >= 4 is 39.0 Å². The average Bonchev–Trinajstić information content (AvgIpc) is 3.42. The molecule has 2 aromatic heterocycles. The molecule has 2 unspecified atom stereocenters. The molecule has 1 saturated heterocycles. The van der Waals surface area contributed by atoms with Crippen LogP contribution in [0.25, 0.3) is 10.2 Å². The molecule has 1 fully saturated rings. The Morgan fingerprint density at radius 1 is 1.21 bits per heavy atom. The van der Waals surface area contributed by atoms with E-state index >= 15 is 0 Å². The standard InChI is InChI=1S/C21H24N4OS2/c1-25(2)14-8-6-13(7-9-14)19-22-10-15(26-19)11-27-20-18-16-4-3-5-17(16)28-21(18)24-12-23-20/h6-9,12,15,19,22H,3-5,10-11H2,1-2H3. The van der Waals surface area contributed by atoms with E-state index in [9.17, 15) is 0 Å². The molecule has 0 bridgehead atoms. The summed E-state index contributed by atoms with van der Waals surface area (Å²) in [5, 5.41) is 5.92. The largest absolute Gasteiger partial charge is 0.378 e. The third kappa shape index (κ3) is 3.41. The molecule has 1 aliphatic heterocycles. The third-order valence-electron chi connectivity index (χ3n) is 5.44. The molecule has 5 rings (SSSR count). The van der Waals surface area contributed by atoms with Gasteiger partial charge in [0.15, 0.2) is 0 Å². The normalized spacial score (nSPS) is 21.4. The van der Waals surface area contributed by atoms with Crippen molar-refractivity contribution in [3.63, 3.8) is 0 Å². The second-order valence-corrected chi connectivity index (χ2v) is 9.65. The summed E-state index contributed by atoms with van der Waals surface area (Å²) in [6.45, 7) is 0.864. The lowest BCUT2D eigenvalue weighted by atomic mass is 10.2. The van der Waals surface area contributed by atoms with Gasteiger partial charge in [0.2, 0.25) is 0 Å². The number of hydrogen-bond acceptors (Lipinski definition) is 7. The van der Waals surface area contributed by atoms with E-state index in [0.717, 1.165) is 22.2 Å². The van der Waals surface area contributed by atoms with Crippen molar-refractivity contribution in [2.75, 3.05) is 31.3 Å². The maximum absolute atomic E-state index is 6.27. The zero-order valence-corrected chi connectivity index (χ0v) is 17.8. The van der Waals surface area contributed by atoms with Crippen LogP contribution in [0.5, 0.6) is 0 Å². The zero-order valence-electron chi connectivity index (χ0n) is 16.1. The van der Waals surface area contributed by atoms with Crippen molar-refractivity contribution in [2.24, 2.45) is 0 Å². The van der Waals surface area contributed by atoms with Gasteiger partial charge in [0.25, 0.3) is 0 Å². The molecule has 1 aromatic carbocycles. The Balaban J connectivity index is 1.25. The molecule has 3 aromatic rings. The number of benzene rings is 1. The second kappa shape index (κ2) is 7.63. The Bertz CT molecular complexity index is 986. The van der Waals surface area contributed by atoms with Crippen LogP contribution >= 0.6 is 23.1 Å². The van der Waals surface area contributed by atoms with Crippen molar-refractivity contribution in [1.29, 1.82) is 0 Å². The van der Waals surface area contributed by atoms with Crippen molar-refractivity contribution in [3.05, 3.63) is 46.6 Å². The minimum Gasteiger partial charge on any atom is -0.378 e. The van der Waals surface area contributed by atoms with Crippen LogP contribution in [0.2, 0.25) is 0 Å². The number of rotatable bonds is 5. The molecule has 1 aliphatic carbocycles. The fraction of sp³-hybridized carbons (Fsp3) is 0.429. The lowest BCUT2D eigenvalue weighted by Crippen LogP contribution is -2.17. The minimum absolute atomic E-state index is 0.0300. The molecule has 146 valence electrons. The van der Waals surface area contributed by atoms with Gasteiger partial charge in [-0.15, -0.1) is 23.1 Å². The second-order valence-electron chi connectivity index (χ2n) is 7.56. The predicted molar refractivity (Wildman–Crippen MR) is 117 cm³/mol. The predicted octanol–water partition coefficient (Wildman–Crippen LogP) is 4.03. The molecule has 7 heteroatoms. The van der Waals surface area contributed by atoms with E-state index in [1.165, 1.54) is 46.3 Å². The van der Waals surface area contributed by atoms with Gasteiger partial charge in [-0.2, -0.15) is 0 Å². The van der Waals surface area contributed by atoms with Crippen LogP contribution < -0.4 is 10.2 Å². The number of nitrogens with one attached hydrogen (secondary N) is 1. The Kier molecular flexibility index (Phi) is 5.00. The maximum Gasteiger partial charge on any atom is 0.134 e. The summed E-state index contributed by atoms with van der Waals surface area (Å²) in [5.41, 5.74) is 3.87. The number of thioether (sulfide) groups is 1. The van der Waals surface area contributed by atoms with E-state index in [2.05, 4.69) is 58.5 Å². The van der Waals surface area contributed by atoms with Crippen LogP contribution in [0.1, 0.15) is 28.7 Å². The number of aromatic nitrogens is 2. The van der Waals surface area contributed by atoms with E-state index in [4.69, 9.17) is 4.74 Å². The molecule has 2 atom stereocenters. The maximum atomic E-state index is 6.27. The summed E-state index contributed by atoms with van der Waals surface area (Å²) in [6.07, 6.45) is 5.49. The van der Waals surface area contributed by atoms with Crippen molar-refractivity contribution in [1.82, 2.24) is 15.3 Å². The smallest absolute Gasteiger partial charge is 0.134 e. The highest BCUT2D eigenvalue weighted by molar-refractivity contribution is 7.99. The molecule has 1 N–H and O–H groups in total. The minimum atomic E-state index is -0.0300. The Morgan fingerprint density at radius 3 is 2.89 bits per heavy atom. The van der Waals surface area contributed by atoms with E-state index in [0.29, 0.717) is 0 Å². The molecule has 0 saturated carbocycles. The number of fused-ring (bicyclic) bond motifs is 3. The third-order valence-corrected chi connectivity index (χ3v) is 7.77. The highest BCUT2D eigenvalue weighted by Crippen LogP contribution is 2.40. The number of hydrogen-bond donors (Lipinski definition) is 1. The molecular formula is C21H24N4OS2. The van der Waals surface area contributed by atoms with Crippen molar-refractivity contribution in [3.8, 4) is 0 Å². The van der Waals surface area contributed by atoms with E-state index < -0.39 is 0 Å². The molecule has 2 aliphatic rings. The average molecular weight is 413 g/mol. The molecular weight excluding hydrogens is 388 g/mol. The van der Waals surface area contributed by atoms with Crippen LogP contribution in [-0.2, 0) is 17.6 Å². The van der Waals surface area contributed by atoms with E-state index in [1.807, 2.05) is 11.3 Å².